The van der Waals surface area contributed by atoms with Gasteiger partial charge in [-0.2, -0.15) is 0 Å². The molecule has 60 valence electrons. The van der Waals surface area contributed by atoms with Crippen LogP contribution in [0.15, 0.2) is 12.2 Å². The number of aliphatic hydroxyl groups is 1. The van der Waals surface area contributed by atoms with Crippen molar-refractivity contribution in [3.05, 3.63) is 12.2 Å². The van der Waals surface area contributed by atoms with Crippen LogP contribution in [0.2, 0.25) is 0 Å². The zero-order valence-electron chi connectivity index (χ0n) is 8.26. The van der Waals surface area contributed by atoms with Crippen LogP contribution in [-0.2, 0) is 4.79 Å². The fourth-order valence-electron chi connectivity index (χ4n) is 0. The predicted molar refractivity (Wildman–Crippen MR) is 41.9 cm³/mol. The van der Waals surface area contributed by atoms with Gasteiger partial charge in [0, 0.05) is 0 Å². The summed E-state index contributed by atoms with van der Waals surface area (Å²) in [6.07, 6.45) is 0.923. The molecule has 1 unspecified atom stereocenters. The van der Waals surface area contributed by atoms with E-state index in [1.54, 1.807) is 0 Å². The van der Waals surface area contributed by atoms with Crippen molar-refractivity contribution in [1.82, 2.24) is 0 Å². The standard InChI is InChI=1S/C4H6O2.C3H7O.2Na/c1-3(2)4(5)6;1-2-3-4;;/h1H2,2H3,(H,5,6);3-4H,2H2,1H3;;/q;;;+1/p-1. The van der Waals surface area contributed by atoms with Gasteiger partial charge in [-0.1, -0.05) is 6.58 Å². The van der Waals surface area contributed by atoms with Crippen molar-refractivity contribution in [2.45, 2.75) is 23.6 Å². The second kappa shape index (κ2) is 12.2. The fraction of sp³-hybridized carbons (Fsp3) is 0.571. The third kappa shape index (κ3) is 22.5. The molecule has 0 radical (unpaired) electrons. The summed E-state index contributed by atoms with van der Waals surface area (Å²) in [6.45, 7) is 6.46. The number of hydrogen-bond acceptors (Lipinski definition) is 3. The molecule has 0 saturated heterocycles. The zero-order chi connectivity index (χ0) is 9.44. The Morgan fingerprint density at radius 3 is 1.92 bits per heavy atom. The summed E-state index contributed by atoms with van der Waals surface area (Å²) in [5, 5.41) is 17.9. The number of aliphatic hydroxyl groups excluding tert-OH is 1. The Balaban J connectivity index is -0.000000126. The molecule has 1 atom stereocenters. The van der Waals surface area contributed by atoms with Gasteiger partial charge in [0.1, 0.15) is 0 Å². The topological polar surface area (TPSA) is 60.4 Å². The van der Waals surface area contributed by atoms with Crippen LogP contribution in [0, 0.1) is 0 Å². The SMILES string of the molecule is C=C(C)C(=O)[O-].CC[CH](O)[Na].[Na+]. The summed E-state index contributed by atoms with van der Waals surface area (Å²) in [5.74, 6) is -1.19. The summed E-state index contributed by atoms with van der Waals surface area (Å²) in [6, 6.07) is 0. The van der Waals surface area contributed by atoms with Gasteiger partial charge in [-0.25, -0.2) is 0 Å². The molecular weight excluding hydrogens is 178 g/mol. The van der Waals surface area contributed by atoms with Crippen LogP contribution in [0.25, 0.3) is 0 Å². The number of aliphatic carboxylic acids is 1. The molecule has 0 rings (SSSR count). The molecule has 1 N–H and O–H groups in total. The van der Waals surface area contributed by atoms with E-state index in [0.29, 0.717) is 0 Å². The molecule has 0 amide bonds. The van der Waals surface area contributed by atoms with E-state index in [2.05, 4.69) is 6.58 Å². The van der Waals surface area contributed by atoms with Crippen LogP contribution in [0.1, 0.15) is 20.3 Å². The second-order valence-corrected chi connectivity index (χ2v) is 3.66. The minimum atomic E-state index is -1.19. The molecule has 0 spiro atoms. The fourth-order valence-corrected chi connectivity index (χ4v) is 0. The maximum Gasteiger partial charge on any atom is 1.00 e. The first kappa shape index (κ1) is 18.9. The van der Waals surface area contributed by atoms with Crippen LogP contribution in [0.5, 0.6) is 0 Å². The maximum atomic E-state index is 9.49. The molecule has 0 bridgehead atoms. The summed E-state index contributed by atoms with van der Waals surface area (Å²) in [4.78, 5) is 9.49. The van der Waals surface area contributed by atoms with Gasteiger partial charge >= 0.3 is 79.3 Å². The summed E-state index contributed by atoms with van der Waals surface area (Å²) in [7, 11) is 0. The van der Waals surface area contributed by atoms with E-state index in [1.807, 2.05) is 6.92 Å². The summed E-state index contributed by atoms with van der Waals surface area (Å²) < 4.78 is 0.0231. The third-order valence-electron chi connectivity index (χ3n) is 0.939. The van der Waals surface area contributed by atoms with E-state index in [4.69, 9.17) is 5.11 Å². The van der Waals surface area contributed by atoms with Gasteiger partial charge in [0.2, 0.25) is 0 Å². The average Bonchev–Trinajstić information content (AvgIpc) is 1.89. The summed E-state index contributed by atoms with van der Waals surface area (Å²) >= 11 is 0.925. The minimum Gasteiger partial charge on any atom is 1.00 e. The normalized spacial score (nSPS) is 10.1. The Hall–Kier alpha value is 1.17. The molecule has 0 aromatic carbocycles. The van der Waals surface area contributed by atoms with E-state index in [9.17, 15) is 9.90 Å². The average molecular weight is 190 g/mol. The number of carbonyl (C=O) groups excluding carboxylic acids is 1. The second-order valence-electron chi connectivity index (χ2n) is 2.33. The van der Waals surface area contributed by atoms with Crippen molar-refractivity contribution in [1.29, 1.82) is 0 Å². The Morgan fingerprint density at radius 2 is 1.92 bits per heavy atom. The zero-order valence-corrected chi connectivity index (χ0v) is 12.3. The number of hydrogen-bond donors (Lipinski definition) is 1. The Bertz CT molecular complexity index is 123. The van der Waals surface area contributed by atoms with Gasteiger partial charge in [-0.05, 0) is 12.5 Å². The van der Waals surface area contributed by atoms with E-state index in [1.165, 1.54) is 6.92 Å². The predicted octanol–water partition coefficient (Wildman–Crippen LogP) is -3.80. The molecule has 0 aliphatic rings. The van der Waals surface area contributed by atoms with Gasteiger partial charge in [0.15, 0.2) is 0 Å². The van der Waals surface area contributed by atoms with E-state index in [0.717, 1.165) is 34.4 Å². The molecule has 0 aliphatic carbocycles. The first-order valence-corrected chi connectivity index (χ1v) is 4.62. The number of carboxylic acid groups (broad SMARTS) is 1. The first-order chi connectivity index (χ1) is 4.91. The van der Waals surface area contributed by atoms with Crippen LogP contribution < -0.4 is 34.7 Å². The van der Waals surface area contributed by atoms with Gasteiger partial charge in [-0.3, -0.25) is 0 Å². The number of carboxylic acids is 1. The van der Waals surface area contributed by atoms with Gasteiger partial charge in [0.25, 0.3) is 0 Å². The molecule has 0 aliphatic heterocycles. The molecule has 0 fully saturated rings. The van der Waals surface area contributed by atoms with Crippen LogP contribution in [-0.4, -0.2) is 42.4 Å². The Kier molecular flexibility index (Phi) is 19.1. The maximum absolute atomic E-state index is 9.49. The van der Waals surface area contributed by atoms with Gasteiger partial charge in [0.05, 0.1) is 5.97 Å². The van der Waals surface area contributed by atoms with E-state index < -0.39 is 5.97 Å². The Morgan fingerprint density at radius 1 is 1.75 bits per heavy atom. The molecule has 0 aromatic rings. The molecule has 0 heterocycles. The quantitative estimate of drug-likeness (QED) is 0.359. The molecular formula is C7H12Na2O3. The number of rotatable bonds is 2. The summed E-state index contributed by atoms with van der Waals surface area (Å²) in [5.41, 5.74) is 0.0648. The molecule has 12 heavy (non-hydrogen) atoms. The van der Waals surface area contributed by atoms with E-state index in [-0.39, 0.29) is 38.5 Å². The largest absolute Gasteiger partial charge is 1.00 e. The van der Waals surface area contributed by atoms with Crippen molar-refractivity contribution >= 4 is 33.9 Å². The van der Waals surface area contributed by atoms with Gasteiger partial charge in [-0.15, -0.1) is 0 Å². The third-order valence-corrected chi connectivity index (χ3v) is 1.76. The van der Waals surface area contributed by atoms with Crippen molar-refractivity contribution in [3.63, 3.8) is 0 Å². The molecule has 3 nitrogen and oxygen atoms in total. The van der Waals surface area contributed by atoms with Crippen LogP contribution >= 0.6 is 0 Å². The van der Waals surface area contributed by atoms with Crippen LogP contribution in [0.4, 0.5) is 0 Å². The number of carbonyl (C=O) groups is 1. The van der Waals surface area contributed by atoms with Crippen molar-refractivity contribution in [2.75, 3.05) is 0 Å². The van der Waals surface area contributed by atoms with Gasteiger partial charge < -0.3 is 9.90 Å². The monoisotopic (exact) mass is 190 g/mol. The molecule has 0 aromatic heterocycles. The Labute approximate surface area is 113 Å². The minimum absolute atomic E-state index is 0. The van der Waals surface area contributed by atoms with E-state index >= 15 is 0 Å². The van der Waals surface area contributed by atoms with Crippen LogP contribution in [0.3, 0.4) is 0 Å². The molecule has 5 heteroatoms. The first-order valence-electron chi connectivity index (χ1n) is 3.46. The van der Waals surface area contributed by atoms with Crippen molar-refractivity contribution in [3.8, 4) is 0 Å². The smallest absolute Gasteiger partial charge is 1.00 e. The van der Waals surface area contributed by atoms with Crippen molar-refractivity contribution in [2.24, 2.45) is 0 Å². The van der Waals surface area contributed by atoms with Crippen molar-refractivity contribution < 1.29 is 44.6 Å². The molecule has 0 saturated carbocycles.